The molecule has 2 rings (SSSR count). The van der Waals surface area contributed by atoms with Gasteiger partial charge in [0.1, 0.15) is 5.75 Å². The molecule has 21 heavy (non-hydrogen) atoms. The molecule has 0 saturated carbocycles. The molecule has 0 atom stereocenters. The molecule has 0 heterocycles. The first-order valence-corrected chi connectivity index (χ1v) is 6.41. The second-order valence-corrected chi connectivity index (χ2v) is 4.79. The molecule has 0 aromatic heterocycles. The number of ether oxygens (including phenoxy) is 1. The Morgan fingerprint density at radius 3 is 2.67 bits per heavy atom. The summed E-state index contributed by atoms with van der Waals surface area (Å²) in [6.45, 7) is 1.79. The summed E-state index contributed by atoms with van der Waals surface area (Å²) in [7, 11) is 0. The molecule has 0 aliphatic heterocycles. The highest BCUT2D eigenvalue weighted by Gasteiger charge is 2.17. The van der Waals surface area contributed by atoms with Crippen LogP contribution in [0.25, 0.3) is 0 Å². The van der Waals surface area contributed by atoms with E-state index in [2.05, 4.69) is 0 Å². The molecule has 2 aromatic rings. The lowest BCUT2D eigenvalue weighted by atomic mass is 10.2. The van der Waals surface area contributed by atoms with Crippen LogP contribution in [0.4, 0.5) is 10.1 Å². The fourth-order valence-electron chi connectivity index (χ4n) is 1.80. The lowest BCUT2D eigenvalue weighted by Crippen LogP contribution is -1.98. The first kappa shape index (κ1) is 15.2. The Morgan fingerprint density at radius 1 is 1.38 bits per heavy atom. The van der Waals surface area contributed by atoms with E-state index < -0.39 is 10.7 Å². The van der Waals surface area contributed by atoms with Crippen LogP contribution in [-0.4, -0.2) is 4.92 Å². The lowest BCUT2D eigenvalue weighted by Gasteiger charge is -2.09. The number of nitro benzene ring substituents is 1. The normalized spacial score (nSPS) is 10.5. The van der Waals surface area contributed by atoms with Crippen molar-refractivity contribution in [3.05, 3.63) is 62.4 Å². The topological polar surface area (TPSA) is 78.4 Å². The number of nitro groups is 1. The summed E-state index contributed by atoms with van der Waals surface area (Å²) in [6.07, 6.45) is 0. The molecule has 0 aliphatic carbocycles. The molecule has 7 heteroatoms. The van der Waals surface area contributed by atoms with Gasteiger partial charge in [-0.3, -0.25) is 10.1 Å². The van der Waals surface area contributed by atoms with Crippen molar-refractivity contribution < 1.29 is 14.1 Å². The summed E-state index contributed by atoms with van der Waals surface area (Å²) in [4.78, 5) is 10.1. The van der Waals surface area contributed by atoms with Crippen molar-refractivity contribution >= 4 is 17.3 Å². The molecule has 5 nitrogen and oxygen atoms in total. The summed E-state index contributed by atoms with van der Waals surface area (Å²) >= 11 is 5.99. The fourth-order valence-corrected chi connectivity index (χ4v) is 2.05. The Labute approximate surface area is 125 Å². The number of hydrogen-bond donors (Lipinski definition) is 1. The van der Waals surface area contributed by atoms with Crippen molar-refractivity contribution in [3.8, 4) is 11.5 Å². The zero-order valence-corrected chi connectivity index (χ0v) is 11.9. The molecule has 0 unspecified atom stereocenters. The zero-order valence-electron chi connectivity index (χ0n) is 11.1. The van der Waals surface area contributed by atoms with Gasteiger partial charge in [0, 0.05) is 17.1 Å². The number of nitrogens with two attached hydrogens (primary N) is 1. The van der Waals surface area contributed by atoms with Crippen LogP contribution in [0, 0.1) is 22.9 Å². The molecule has 0 aliphatic rings. The third-order valence-electron chi connectivity index (χ3n) is 2.92. The van der Waals surface area contributed by atoms with E-state index in [1.807, 2.05) is 0 Å². The van der Waals surface area contributed by atoms with E-state index in [4.69, 9.17) is 22.1 Å². The summed E-state index contributed by atoms with van der Waals surface area (Å²) in [6, 6.07) is 6.90. The molecular weight excluding hydrogens is 299 g/mol. The number of benzene rings is 2. The number of nitrogens with zero attached hydrogens (tertiary/aromatic N) is 1. The van der Waals surface area contributed by atoms with Crippen molar-refractivity contribution in [3.63, 3.8) is 0 Å². The Hall–Kier alpha value is -2.18. The molecule has 2 N–H and O–H groups in total. The zero-order chi connectivity index (χ0) is 15.6. The van der Waals surface area contributed by atoms with Crippen LogP contribution in [0.2, 0.25) is 5.02 Å². The predicted molar refractivity (Wildman–Crippen MR) is 77.2 cm³/mol. The van der Waals surface area contributed by atoms with E-state index in [1.54, 1.807) is 12.1 Å². The van der Waals surface area contributed by atoms with Gasteiger partial charge in [0.05, 0.1) is 11.0 Å². The monoisotopic (exact) mass is 310 g/mol. The number of halogens is 2. The van der Waals surface area contributed by atoms with E-state index in [0.29, 0.717) is 16.3 Å². The molecule has 0 bridgehead atoms. The summed E-state index contributed by atoms with van der Waals surface area (Å²) in [5.41, 5.74) is 6.24. The minimum absolute atomic E-state index is 0.102. The minimum atomic E-state index is -0.814. The van der Waals surface area contributed by atoms with Gasteiger partial charge in [0.15, 0.2) is 11.6 Å². The summed E-state index contributed by atoms with van der Waals surface area (Å²) in [5.74, 6) is -0.592. The quantitative estimate of drug-likeness (QED) is 0.685. The molecule has 0 amide bonds. The Balaban J connectivity index is 2.34. The van der Waals surface area contributed by atoms with Gasteiger partial charge in [-0.1, -0.05) is 17.7 Å². The molecule has 0 fully saturated rings. The smallest absolute Gasteiger partial charge is 0.275 e. The van der Waals surface area contributed by atoms with Crippen molar-refractivity contribution in [2.24, 2.45) is 5.73 Å². The Bertz CT molecular complexity index is 707. The Morgan fingerprint density at radius 2 is 2.10 bits per heavy atom. The van der Waals surface area contributed by atoms with Crippen LogP contribution in [0.3, 0.4) is 0 Å². The molecule has 0 radical (unpaired) electrons. The average molecular weight is 311 g/mol. The van der Waals surface area contributed by atoms with Crippen molar-refractivity contribution in [2.75, 3.05) is 0 Å². The van der Waals surface area contributed by atoms with Gasteiger partial charge in [0.2, 0.25) is 0 Å². The van der Waals surface area contributed by atoms with E-state index in [9.17, 15) is 14.5 Å². The second-order valence-electron chi connectivity index (χ2n) is 4.39. The van der Waals surface area contributed by atoms with Crippen molar-refractivity contribution in [2.45, 2.75) is 13.5 Å². The van der Waals surface area contributed by atoms with Gasteiger partial charge < -0.3 is 10.5 Å². The second kappa shape index (κ2) is 6.07. The van der Waals surface area contributed by atoms with E-state index in [-0.39, 0.29) is 18.0 Å². The van der Waals surface area contributed by atoms with Crippen molar-refractivity contribution in [1.29, 1.82) is 0 Å². The molecule has 2 aromatic carbocycles. The van der Waals surface area contributed by atoms with E-state index >= 15 is 0 Å². The summed E-state index contributed by atoms with van der Waals surface area (Å²) < 4.78 is 19.2. The van der Waals surface area contributed by atoms with Gasteiger partial charge in [-0.15, -0.1) is 0 Å². The first-order valence-electron chi connectivity index (χ1n) is 6.03. The lowest BCUT2D eigenvalue weighted by molar-refractivity contribution is -0.385. The predicted octanol–water partition coefficient (Wildman–Crippen LogP) is 3.95. The van der Waals surface area contributed by atoms with Gasteiger partial charge in [-0.05, 0) is 30.7 Å². The van der Waals surface area contributed by atoms with Crippen LogP contribution >= 0.6 is 11.6 Å². The molecule has 110 valence electrons. The number of hydrogen-bond acceptors (Lipinski definition) is 4. The van der Waals surface area contributed by atoms with Crippen LogP contribution in [0.15, 0.2) is 30.3 Å². The third kappa shape index (κ3) is 3.29. The molecule has 0 spiro atoms. The average Bonchev–Trinajstić information content (AvgIpc) is 2.42. The van der Waals surface area contributed by atoms with Crippen LogP contribution in [0.1, 0.15) is 11.1 Å². The SMILES string of the molecule is Cc1cc(Oc2ccc(CN)c(Cl)c2)c(F)cc1[N+](=O)[O-]. The third-order valence-corrected chi connectivity index (χ3v) is 3.27. The highest BCUT2D eigenvalue weighted by atomic mass is 35.5. The number of aryl methyl sites for hydroxylation is 1. The standard InChI is InChI=1S/C14H12ClFN2O3/c1-8-4-14(12(16)6-13(8)18(19)20)21-10-3-2-9(7-17)11(15)5-10/h2-6H,7,17H2,1H3. The highest BCUT2D eigenvalue weighted by molar-refractivity contribution is 6.31. The van der Waals surface area contributed by atoms with Gasteiger partial charge in [-0.2, -0.15) is 0 Å². The maximum atomic E-state index is 13.8. The number of rotatable bonds is 4. The van der Waals surface area contributed by atoms with E-state index in [1.165, 1.54) is 19.1 Å². The van der Waals surface area contributed by atoms with Gasteiger partial charge in [0.25, 0.3) is 5.69 Å². The van der Waals surface area contributed by atoms with Crippen molar-refractivity contribution in [1.82, 2.24) is 0 Å². The largest absolute Gasteiger partial charge is 0.454 e. The summed E-state index contributed by atoms with van der Waals surface area (Å²) in [5, 5.41) is 11.1. The maximum Gasteiger partial charge on any atom is 0.275 e. The van der Waals surface area contributed by atoms with Crippen LogP contribution < -0.4 is 10.5 Å². The fraction of sp³-hybridized carbons (Fsp3) is 0.143. The van der Waals surface area contributed by atoms with Gasteiger partial charge >= 0.3 is 0 Å². The molecule has 0 saturated heterocycles. The van der Waals surface area contributed by atoms with Gasteiger partial charge in [-0.25, -0.2) is 4.39 Å². The minimum Gasteiger partial charge on any atom is -0.454 e. The maximum absolute atomic E-state index is 13.8. The Kier molecular flexibility index (Phi) is 4.40. The molecular formula is C14H12ClFN2O3. The van der Waals surface area contributed by atoms with Crippen LogP contribution in [-0.2, 0) is 6.54 Å². The first-order chi connectivity index (χ1) is 9.92. The highest BCUT2D eigenvalue weighted by Crippen LogP contribution is 2.32. The van der Waals surface area contributed by atoms with Crippen LogP contribution in [0.5, 0.6) is 11.5 Å². The van der Waals surface area contributed by atoms with E-state index in [0.717, 1.165) is 11.6 Å².